The van der Waals surface area contributed by atoms with Crippen LogP contribution in [0.3, 0.4) is 0 Å². The van der Waals surface area contributed by atoms with Gasteiger partial charge in [0.25, 0.3) is 5.91 Å². The topological polar surface area (TPSA) is 80.8 Å². The van der Waals surface area contributed by atoms with Crippen LogP contribution in [0.1, 0.15) is 30.6 Å². The molecule has 7 heteroatoms. The van der Waals surface area contributed by atoms with Gasteiger partial charge in [0.1, 0.15) is 5.75 Å². The standard InChI is InChI=1S/C16H21NO5S/c1-11(18)13-4-6-15(7-5-13)22-12(2)16(19)17(3)14-8-9-23(20,21)10-14/h4-7,12,14H,8-10H2,1-3H3/t12-,14+/m1/s1. The number of carbonyl (C=O) groups excluding carboxylic acids is 2. The molecule has 0 spiro atoms. The van der Waals surface area contributed by atoms with Crippen LogP contribution in [-0.4, -0.2) is 55.7 Å². The van der Waals surface area contributed by atoms with Crippen molar-refractivity contribution in [3.05, 3.63) is 29.8 Å². The van der Waals surface area contributed by atoms with Gasteiger partial charge < -0.3 is 9.64 Å². The van der Waals surface area contributed by atoms with E-state index in [-0.39, 0.29) is 29.2 Å². The minimum absolute atomic E-state index is 0.00919. The minimum atomic E-state index is -3.04. The SMILES string of the molecule is CC(=O)c1ccc(O[C@H](C)C(=O)N(C)[C@H]2CCS(=O)(=O)C2)cc1. The summed E-state index contributed by atoms with van der Waals surface area (Å²) < 4.78 is 28.6. The Labute approximate surface area is 136 Å². The zero-order chi connectivity index (χ0) is 17.2. The molecule has 1 aliphatic rings. The molecule has 6 nitrogen and oxygen atoms in total. The third-order valence-electron chi connectivity index (χ3n) is 4.03. The summed E-state index contributed by atoms with van der Waals surface area (Å²) in [7, 11) is -1.43. The molecule has 2 atom stereocenters. The van der Waals surface area contributed by atoms with Gasteiger partial charge in [0.05, 0.1) is 11.5 Å². The first kappa shape index (κ1) is 17.5. The Morgan fingerprint density at radius 3 is 2.35 bits per heavy atom. The van der Waals surface area contributed by atoms with Gasteiger partial charge in [-0.25, -0.2) is 8.42 Å². The summed E-state index contributed by atoms with van der Waals surface area (Å²) in [5.41, 5.74) is 0.574. The number of ether oxygens (including phenoxy) is 1. The lowest BCUT2D eigenvalue weighted by atomic mass is 10.1. The first-order valence-electron chi connectivity index (χ1n) is 7.44. The first-order valence-corrected chi connectivity index (χ1v) is 9.26. The summed E-state index contributed by atoms with van der Waals surface area (Å²) in [6, 6.07) is 6.27. The van der Waals surface area contributed by atoms with E-state index in [1.165, 1.54) is 11.8 Å². The second-order valence-corrected chi connectivity index (χ2v) is 8.08. The second-order valence-electron chi connectivity index (χ2n) is 5.85. The van der Waals surface area contributed by atoms with Gasteiger partial charge in [-0.05, 0) is 44.5 Å². The van der Waals surface area contributed by atoms with Crippen LogP contribution in [0, 0.1) is 0 Å². The van der Waals surface area contributed by atoms with Crippen molar-refractivity contribution >= 4 is 21.5 Å². The molecule has 1 aromatic carbocycles. The molecule has 1 saturated heterocycles. The van der Waals surface area contributed by atoms with Crippen molar-refractivity contribution in [2.24, 2.45) is 0 Å². The number of rotatable bonds is 5. The molecule has 1 amide bonds. The second kappa shape index (κ2) is 6.70. The number of benzene rings is 1. The van der Waals surface area contributed by atoms with E-state index < -0.39 is 15.9 Å². The lowest BCUT2D eigenvalue weighted by Crippen LogP contribution is -2.44. The summed E-state index contributed by atoms with van der Waals surface area (Å²) in [5.74, 6) is 0.320. The van der Waals surface area contributed by atoms with Gasteiger partial charge in [-0.2, -0.15) is 0 Å². The summed E-state index contributed by atoms with van der Waals surface area (Å²) >= 11 is 0. The molecule has 0 unspecified atom stereocenters. The Bertz CT molecular complexity index is 696. The fourth-order valence-corrected chi connectivity index (χ4v) is 4.34. The average molecular weight is 339 g/mol. The molecule has 1 fully saturated rings. The number of carbonyl (C=O) groups is 2. The van der Waals surface area contributed by atoms with Gasteiger partial charge in [-0.15, -0.1) is 0 Å². The predicted octanol–water partition coefficient (Wildman–Crippen LogP) is 1.30. The van der Waals surface area contributed by atoms with Gasteiger partial charge in [-0.1, -0.05) is 0 Å². The van der Waals surface area contributed by atoms with Crippen LogP contribution in [0.25, 0.3) is 0 Å². The number of ketones is 1. The normalized spacial score (nSPS) is 20.7. The molecule has 0 radical (unpaired) electrons. The van der Waals surface area contributed by atoms with Crippen molar-refractivity contribution in [2.45, 2.75) is 32.4 Å². The maximum absolute atomic E-state index is 12.4. The van der Waals surface area contributed by atoms with Gasteiger partial charge >= 0.3 is 0 Å². The van der Waals surface area contributed by atoms with Crippen LogP contribution in [0.5, 0.6) is 5.75 Å². The highest BCUT2D eigenvalue weighted by Crippen LogP contribution is 2.19. The smallest absolute Gasteiger partial charge is 0.263 e. The number of hydrogen-bond acceptors (Lipinski definition) is 5. The van der Waals surface area contributed by atoms with Gasteiger partial charge in [0.15, 0.2) is 21.7 Å². The fourth-order valence-electron chi connectivity index (χ4n) is 2.57. The van der Waals surface area contributed by atoms with E-state index in [0.717, 1.165) is 0 Å². The molecule has 1 aliphatic heterocycles. The van der Waals surface area contributed by atoms with E-state index in [9.17, 15) is 18.0 Å². The van der Waals surface area contributed by atoms with Crippen molar-refractivity contribution in [3.8, 4) is 5.75 Å². The van der Waals surface area contributed by atoms with Crippen LogP contribution in [0.4, 0.5) is 0 Å². The Hall–Kier alpha value is -1.89. The van der Waals surface area contributed by atoms with Crippen molar-refractivity contribution in [3.63, 3.8) is 0 Å². The molecule has 2 rings (SSSR count). The van der Waals surface area contributed by atoms with Gasteiger partial charge in [0.2, 0.25) is 0 Å². The van der Waals surface area contributed by atoms with Crippen LogP contribution in [0.2, 0.25) is 0 Å². The highest BCUT2D eigenvalue weighted by atomic mass is 32.2. The zero-order valence-corrected chi connectivity index (χ0v) is 14.3. The molecule has 0 aromatic heterocycles. The van der Waals surface area contributed by atoms with Gasteiger partial charge in [0, 0.05) is 18.7 Å². The van der Waals surface area contributed by atoms with Crippen LogP contribution in [-0.2, 0) is 14.6 Å². The number of Topliss-reactive ketones (excluding diaryl/α,β-unsaturated/α-hetero) is 1. The van der Waals surface area contributed by atoms with E-state index >= 15 is 0 Å². The number of hydrogen-bond donors (Lipinski definition) is 0. The Kier molecular flexibility index (Phi) is 5.09. The zero-order valence-electron chi connectivity index (χ0n) is 13.5. The lowest BCUT2D eigenvalue weighted by Gasteiger charge is -2.26. The molecular formula is C16H21NO5S. The molecule has 1 heterocycles. The quantitative estimate of drug-likeness (QED) is 0.756. The number of amides is 1. The molecule has 23 heavy (non-hydrogen) atoms. The van der Waals surface area contributed by atoms with E-state index in [1.54, 1.807) is 38.2 Å². The monoisotopic (exact) mass is 339 g/mol. The van der Waals surface area contributed by atoms with Crippen LogP contribution >= 0.6 is 0 Å². The van der Waals surface area contributed by atoms with E-state index in [1.807, 2.05) is 0 Å². The Balaban J connectivity index is 1.98. The molecule has 0 saturated carbocycles. The Morgan fingerprint density at radius 2 is 1.87 bits per heavy atom. The van der Waals surface area contributed by atoms with Crippen molar-refractivity contribution < 1.29 is 22.7 Å². The first-order chi connectivity index (χ1) is 10.7. The summed E-state index contributed by atoms with van der Waals surface area (Å²) in [6.07, 6.45) is -0.267. The molecule has 0 N–H and O–H groups in total. The largest absolute Gasteiger partial charge is 0.481 e. The minimum Gasteiger partial charge on any atom is -0.481 e. The van der Waals surface area contributed by atoms with Crippen molar-refractivity contribution in [1.82, 2.24) is 4.90 Å². The maximum Gasteiger partial charge on any atom is 0.263 e. The van der Waals surface area contributed by atoms with Crippen molar-refractivity contribution in [1.29, 1.82) is 0 Å². The molecule has 126 valence electrons. The van der Waals surface area contributed by atoms with E-state index in [4.69, 9.17) is 4.74 Å². The maximum atomic E-state index is 12.4. The number of likely N-dealkylation sites (N-methyl/N-ethyl adjacent to an activating group) is 1. The van der Waals surface area contributed by atoms with Crippen molar-refractivity contribution in [2.75, 3.05) is 18.6 Å². The lowest BCUT2D eigenvalue weighted by molar-refractivity contribution is -0.138. The molecule has 1 aromatic rings. The Morgan fingerprint density at radius 1 is 1.26 bits per heavy atom. The summed E-state index contributed by atoms with van der Waals surface area (Å²) in [5, 5.41) is 0. The van der Waals surface area contributed by atoms with E-state index in [0.29, 0.717) is 17.7 Å². The van der Waals surface area contributed by atoms with Crippen LogP contribution < -0.4 is 4.74 Å². The highest BCUT2D eigenvalue weighted by Gasteiger charge is 2.34. The average Bonchev–Trinajstić information content (AvgIpc) is 2.86. The number of sulfone groups is 1. The summed E-state index contributed by atoms with van der Waals surface area (Å²) in [4.78, 5) is 25.1. The molecule has 0 bridgehead atoms. The molecular weight excluding hydrogens is 318 g/mol. The molecule has 0 aliphatic carbocycles. The van der Waals surface area contributed by atoms with E-state index in [2.05, 4.69) is 0 Å². The highest BCUT2D eigenvalue weighted by molar-refractivity contribution is 7.91. The van der Waals surface area contributed by atoms with Crippen LogP contribution in [0.15, 0.2) is 24.3 Å². The van der Waals surface area contributed by atoms with Gasteiger partial charge in [-0.3, -0.25) is 9.59 Å². The predicted molar refractivity (Wildman–Crippen MR) is 86.4 cm³/mol. The number of nitrogens with zero attached hydrogens (tertiary/aromatic N) is 1. The summed E-state index contributed by atoms with van der Waals surface area (Å²) in [6.45, 7) is 3.10. The third-order valence-corrected chi connectivity index (χ3v) is 5.78. The fraction of sp³-hybridized carbons (Fsp3) is 0.500. The third kappa shape index (κ3) is 4.31.